The average Bonchev–Trinajstić information content (AvgIpc) is 2.80. The molecular weight excluding hydrogens is 236 g/mol. The summed E-state index contributed by atoms with van der Waals surface area (Å²) < 4.78 is 5.62. The Morgan fingerprint density at radius 2 is 1.89 bits per heavy atom. The van der Waals surface area contributed by atoms with Gasteiger partial charge in [-0.25, -0.2) is 0 Å². The molecule has 0 bridgehead atoms. The molecule has 1 aliphatic heterocycles. The molecule has 3 nitrogen and oxygen atoms in total. The summed E-state index contributed by atoms with van der Waals surface area (Å²) in [6, 6.07) is 2.14. The van der Waals surface area contributed by atoms with Gasteiger partial charge in [0.1, 0.15) is 5.76 Å². The third-order valence-corrected chi connectivity index (χ3v) is 3.89. The van der Waals surface area contributed by atoms with Crippen LogP contribution < -0.4 is 5.32 Å². The van der Waals surface area contributed by atoms with Crippen LogP contribution in [0.1, 0.15) is 56.8 Å². The van der Waals surface area contributed by atoms with Crippen molar-refractivity contribution in [3.05, 3.63) is 23.7 Å². The molecule has 0 atom stereocenters. The minimum atomic E-state index is 0.865. The highest BCUT2D eigenvalue weighted by Crippen LogP contribution is 2.17. The van der Waals surface area contributed by atoms with Crippen LogP contribution in [0.5, 0.6) is 0 Å². The van der Waals surface area contributed by atoms with E-state index in [-0.39, 0.29) is 0 Å². The third-order valence-electron chi connectivity index (χ3n) is 3.89. The molecular formula is C16H28N2O. The molecule has 1 aromatic rings. The minimum Gasteiger partial charge on any atom is -0.468 e. The summed E-state index contributed by atoms with van der Waals surface area (Å²) in [6.07, 6.45) is 9.92. The van der Waals surface area contributed by atoms with Gasteiger partial charge >= 0.3 is 0 Å². The lowest BCUT2D eigenvalue weighted by atomic mass is 10.1. The van der Waals surface area contributed by atoms with Crippen LogP contribution in [0.2, 0.25) is 0 Å². The van der Waals surface area contributed by atoms with Crippen molar-refractivity contribution < 1.29 is 4.42 Å². The number of hydrogen-bond acceptors (Lipinski definition) is 3. The molecule has 19 heavy (non-hydrogen) atoms. The first kappa shape index (κ1) is 14.6. The summed E-state index contributed by atoms with van der Waals surface area (Å²) in [6.45, 7) is 7.66. The van der Waals surface area contributed by atoms with Gasteiger partial charge in [0.25, 0.3) is 0 Å². The quantitative estimate of drug-likeness (QED) is 0.797. The molecule has 1 saturated heterocycles. The zero-order valence-electron chi connectivity index (χ0n) is 12.3. The van der Waals surface area contributed by atoms with Crippen LogP contribution in [0, 0.1) is 0 Å². The number of furan rings is 1. The van der Waals surface area contributed by atoms with E-state index in [2.05, 4.69) is 23.2 Å². The monoisotopic (exact) mass is 264 g/mol. The van der Waals surface area contributed by atoms with E-state index in [1.807, 2.05) is 6.26 Å². The summed E-state index contributed by atoms with van der Waals surface area (Å²) >= 11 is 0. The van der Waals surface area contributed by atoms with Crippen LogP contribution in [0.4, 0.5) is 0 Å². The lowest BCUT2D eigenvalue weighted by Crippen LogP contribution is -2.27. The Hall–Kier alpha value is -0.800. The van der Waals surface area contributed by atoms with E-state index in [0.717, 1.165) is 25.4 Å². The van der Waals surface area contributed by atoms with Crippen molar-refractivity contribution >= 4 is 0 Å². The minimum absolute atomic E-state index is 0.865. The van der Waals surface area contributed by atoms with Gasteiger partial charge in [-0.2, -0.15) is 0 Å². The molecule has 0 amide bonds. The fraction of sp³-hybridized carbons (Fsp3) is 0.750. The Bertz CT molecular complexity index is 340. The van der Waals surface area contributed by atoms with Crippen LogP contribution in [0.3, 0.4) is 0 Å². The normalized spacial score (nSPS) is 18.2. The molecule has 0 saturated carbocycles. The molecule has 1 N–H and O–H groups in total. The highest BCUT2D eigenvalue weighted by atomic mass is 16.3. The number of likely N-dealkylation sites (tertiary alicyclic amines) is 1. The second-order valence-corrected chi connectivity index (χ2v) is 5.59. The van der Waals surface area contributed by atoms with Gasteiger partial charge in [-0.15, -0.1) is 0 Å². The second-order valence-electron chi connectivity index (χ2n) is 5.59. The van der Waals surface area contributed by atoms with Crippen LogP contribution >= 0.6 is 0 Å². The van der Waals surface area contributed by atoms with Crippen LogP contribution in [0.25, 0.3) is 0 Å². The summed E-state index contributed by atoms with van der Waals surface area (Å²) in [5.41, 5.74) is 1.36. The van der Waals surface area contributed by atoms with Gasteiger partial charge < -0.3 is 9.73 Å². The zero-order valence-corrected chi connectivity index (χ0v) is 12.3. The number of hydrogen-bond donors (Lipinski definition) is 1. The summed E-state index contributed by atoms with van der Waals surface area (Å²) in [7, 11) is 0. The van der Waals surface area contributed by atoms with Gasteiger partial charge in [-0.3, -0.25) is 4.90 Å². The molecule has 0 unspecified atom stereocenters. The molecule has 1 aliphatic rings. The molecule has 1 fully saturated rings. The van der Waals surface area contributed by atoms with Crippen molar-refractivity contribution in [1.82, 2.24) is 10.2 Å². The fourth-order valence-corrected chi connectivity index (χ4v) is 2.75. The van der Waals surface area contributed by atoms with Crippen molar-refractivity contribution in [3.63, 3.8) is 0 Å². The first-order valence-electron chi connectivity index (χ1n) is 7.88. The van der Waals surface area contributed by atoms with Crippen LogP contribution in [-0.4, -0.2) is 24.5 Å². The van der Waals surface area contributed by atoms with E-state index in [4.69, 9.17) is 4.42 Å². The molecule has 0 radical (unpaired) electrons. The highest BCUT2D eigenvalue weighted by molar-refractivity contribution is 5.16. The summed E-state index contributed by atoms with van der Waals surface area (Å²) in [5, 5.41) is 3.43. The largest absolute Gasteiger partial charge is 0.468 e. The molecule has 1 aromatic heterocycles. The first-order chi connectivity index (χ1) is 9.40. The lowest BCUT2D eigenvalue weighted by molar-refractivity contribution is 0.238. The Balaban J connectivity index is 1.84. The van der Waals surface area contributed by atoms with Crippen molar-refractivity contribution in [1.29, 1.82) is 0 Å². The molecule has 0 aliphatic carbocycles. The van der Waals surface area contributed by atoms with Gasteiger partial charge in [0, 0.05) is 12.1 Å². The van der Waals surface area contributed by atoms with Gasteiger partial charge in [-0.1, -0.05) is 26.2 Å². The zero-order chi connectivity index (χ0) is 13.3. The number of nitrogens with one attached hydrogen (secondary N) is 1. The third kappa shape index (κ3) is 5.00. The highest BCUT2D eigenvalue weighted by Gasteiger charge is 2.12. The smallest absolute Gasteiger partial charge is 0.122 e. The van der Waals surface area contributed by atoms with Crippen molar-refractivity contribution in [2.24, 2.45) is 0 Å². The van der Waals surface area contributed by atoms with E-state index in [1.165, 1.54) is 57.2 Å². The lowest BCUT2D eigenvalue weighted by Gasteiger charge is -2.24. The van der Waals surface area contributed by atoms with Crippen molar-refractivity contribution in [2.45, 2.75) is 58.5 Å². The summed E-state index contributed by atoms with van der Waals surface area (Å²) in [4.78, 5) is 2.59. The van der Waals surface area contributed by atoms with Gasteiger partial charge in [0.2, 0.25) is 0 Å². The molecule has 2 rings (SSSR count). The molecule has 2 heterocycles. The van der Waals surface area contributed by atoms with Crippen LogP contribution in [-0.2, 0) is 13.1 Å². The van der Waals surface area contributed by atoms with Crippen molar-refractivity contribution in [2.75, 3.05) is 19.6 Å². The molecule has 0 aromatic carbocycles. The Labute approximate surface area is 117 Å². The maximum atomic E-state index is 5.62. The maximum absolute atomic E-state index is 5.62. The van der Waals surface area contributed by atoms with Gasteiger partial charge in [0.15, 0.2) is 0 Å². The van der Waals surface area contributed by atoms with E-state index in [0.29, 0.717) is 0 Å². The van der Waals surface area contributed by atoms with Crippen LogP contribution in [0.15, 0.2) is 16.7 Å². The van der Waals surface area contributed by atoms with E-state index >= 15 is 0 Å². The molecule has 108 valence electrons. The maximum Gasteiger partial charge on any atom is 0.122 e. The Morgan fingerprint density at radius 3 is 2.63 bits per heavy atom. The first-order valence-corrected chi connectivity index (χ1v) is 7.88. The fourth-order valence-electron chi connectivity index (χ4n) is 2.75. The second kappa shape index (κ2) is 8.39. The van der Waals surface area contributed by atoms with Crippen molar-refractivity contribution in [3.8, 4) is 0 Å². The Morgan fingerprint density at radius 1 is 1.16 bits per heavy atom. The van der Waals surface area contributed by atoms with Gasteiger partial charge in [-0.05, 0) is 45.0 Å². The SMILES string of the molecule is CCCNCc1occc1CN1CCCCCCC1. The number of nitrogens with zero attached hydrogens (tertiary/aromatic N) is 1. The summed E-state index contributed by atoms with van der Waals surface area (Å²) in [5.74, 6) is 1.12. The Kier molecular flexibility index (Phi) is 6.45. The van der Waals surface area contributed by atoms with Gasteiger partial charge in [0.05, 0.1) is 12.8 Å². The predicted octanol–water partition coefficient (Wildman–Crippen LogP) is 3.55. The topological polar surface area (TPSA) is 28.4 Å². The average molecular weight is 264 g/mol. The van der Waals surface area contributed by atoms with E-state index in [1.54, 1.807) is 0 Å². The standard InChI is InChI=1S/C16H28N2O/c1-2-9-17-13-16-15(8-12-19-16)14-18-10-6-4-3-5-7-11-18/h8,12,17H,2-7,9-11,13-14H2,1H3. The number of rotatable bonds is 6. The predicted molar refractivity (Wildman–Crippen MR) is 79.1 cm³/mol. The van der Waals surface area contributed by atoms with E-state index < -0.39 is 0 Å². The molecule has 3 heteroatoms. The van der Waals surface area contributed by atoms with E-state index in [9.17, 15) is 0 Å². The molecule has 0 spiro atoms.